The van der Waals surface area contributed by atoms with Gasteiger partial charge < -0.3 is 4.74 Å². The van der Waals surface area contributed by atoms with Crippen LogP contribution >= 0.6 is 27.3 Å². The van der Waals surface area contributed by atoms with Gasteiger partial charge in [-0.3, -0.25) is 4.79 Å². The van der Waals surface area contributed by atoms with Gasteiger partial charge in [0.1, 0.15) is 0 Å². The molecule has 1 aliphatic heterocycles. The van der Waals surface area contributed by atoms with E-state index in [1.165, 1.54) is 0 Å². The van der Waals surface area contributed by atoms with Crippen LogP contribution in [0.1, 0.15) is 23.2 Å². The molecule has 1 aliphatic rings. The zero-order chi connectivity index (χ0) is 9.97. The van der Waals surface area contributed by atoms with Crippen LogP contribution in [-0.4, -0.2) is 19.0 Å². The molecular weight excluding hydrogens is 264 g/mol. The Morgan fingerprint density at radius 1 is 1.43 bits per heavy atom. The summed E-state index contributed by atoms with van der Waals surface area (Å²) in [4.78, 5) is 12.0. The Morgan fingerprint density at radius 3 is 2.71 bits per heavy atom. The third-order valence-electron chi connectivity index (χ3n) is 2.47. The molecule has 0 unspecified atom stereocenters. The minimum atomic E-state index is 0.162. The Kier molecular flexibility index (Phi) is 3.36. The van der Waals surface area contributed by atoms with Crippen LogP contribution < -0.4 is 0 Å². The summed E-state index contributed by atoms with van der Waals surface area (Å²) < 4.78 is 6.17. The molecule has 0 radical (unpaired) electrons. The molecule has 76 valence electrons. The van der Waals surface area contributed by atoms with Crippen molar-refractivity contribution in [1.82, 2.24) is 0 Å². The first-order valence-corrected chi connectivity index (χ1v) is 6.36. The Hall–Kier alpha value is -0.190. The molecule has 0 amide bonds. The summed E-state index contributed by atoms with van der Waals surface area (Å²) >= 11 is 4.95. The summed E-state index contributed by atoms with van der Waals surface area (Å²) in [5, 5.41) is 3.87. The molecule has 0 bridgehead atoms. The maximum absolute atomic E-state index is 12.0. The third-order valence-corrected chi connectivity index (χ3v) is 4.17. The Bertz CT molecular complexity index is 329. The van der Waals surface area contributed by atoms with Crippen molar-refractivity contribution in [2.75, 3.05) is 13.2 Å². The van der Waals surface area contributed by atoms with Crippen molar-refractivity contribution in [2.45, 2.75) is 12.8 Å². The first-order valence-electron chi connectivity index (χ1n) is 4.62. The van der Waals surface area contributed by atoms with Crippen LogP contribution in [0.5, 0.6) is 0 Å². The second-order valence-electron chi connectivity index (χ2n) is 3.38. The fourth-order valence-electron chi connectivity index (χ4n) is 1.64. The van der Waals surface area contributed by atoms with Crippen LogP contribution in [0.15, 0.2) is 15.2 Å². The number of ether oxygens (including phenoxy) is 1. The molecule has 2 heterocycles. The first-order chi connectivity index (χ1) is 6.79. The van der Waals surface area contributed by atoms with Crippen molar-refractivity contribution < 1.29 is 9.53 Å². The highest BCUT2D eigenvalue weighted by Crippen LogP contribution is 2.27. The summed E-state index contributed by atoms with van der Waals surface area (Å²) in [5.74, 6) is 0.427. The number of Topliss-reactive ketones (excluding diaryl/α,β-unsaturated/α-hetero) is 1. The van der Waals surface area contributed by atoms with E-state index >= 15 is 0 Å². The van der Waals surface area contributed by atoms with E-state index in [-0.39, 0.29) is 11.7 Å². The molecule has 0 aliphatic carbocycles. The molecule has 2 rings (SSSR count). The van der Waals surface area contributed by atoms with Gasteiger partial charge in [0.05, 0.1) is 0 Å². The summed E-state index contributed by atoms with van der Waals surface area (Å²) in [5.41, 5.74) is 0.835. The number of thiophene rings is 1. The molecule has 14 heavy (non-hydrogen) atoms. The predicted molar refractivity (Wildman–Crippen MR) is 59.9 cm³/mol. The Morgan fingerprint density at radius 2 is 2.14 bits per heavy atom. The fourth-order valence-corrected chi connectivity index (χ4v) is 3.12. The summed E-state index contributed by atoms with van der Waals surface area (Å²) in [6.07, 6.45) is 1.72. The van der Waals surface area contributed by atoms with E-state index in [0.29, 0.717) is 0 Å². The van der Waals surface area contributed by atoms with Gasteiger partial charge in [-0.1, -0.05) is 0 Å². The number of hydrogen-bond acceptors (Lipinski definition) is 3. The molecule has 0 atom stereocenters. The zero-order valence-electron chi connectivity index (χ0n) is 7.66. The van der Waals surface area contributed by atoms with Gasteiger partial charge in [-0.05, 0) is 28.8 Å². The van der Waals surface area contributed by atoms with Gasteiger partial charge in [-0.15, -0.1) is 0 Å². The standard InChI is InChI=1S/C10H11BrO2S/c11-9-6-14-5-8(9)10(12)7-1-3-13-4-2-7/h5-7H,1-4H2. The molecule has 1 saturated heterocycles. The van der Waals surface area contributed by atoms with E-state index < -0.39 is 0 Å². The van der Waals surface area contributed by atoms with Crippen molar-refractivity contribution in [3.05, 3.63) is 20.8 Å². The van der Waals surface area contributed by atoms with Crippen molar-refractivity contribution in [1.29, 1.82) is 0 Å². The normalized spacial score (nSPS) is 18.4. The maximum Gasteiger partial charge on any atom is 0.168 e. The van der Waals surface area contributed by atoms with Crippen molar-refractivity contribution in [3.8, 4) is 0 Å². The smallest absolute Gasteiger partial charge is 0.168 e. The Balaban J connectivity index is 2.11. The molecule has 1 fully saturated rings. The lowest BCUT2D eigenvalue weighted by Gasteiger charge is -2.20. The molecule has 0 saturated carbocycles. The average Bonchev–Trinajstić information content (AvgIpc) is 2.65. The minimum absolute atomic E-state index is 0.162. The first kappa shape index (κ1) is 10.3. The maximum atomic E-state index is 12.0. The van der Waals surface area contributed by atoms with Crippen molar-refractivity contribution >= 4 is 33.0 Å². The van der Waals surface area contributed by atoms with E-state index in [4.69, 9.17) is 4.74 Å². The van der Waals surface area contributed by atoms with E-state index in [1.807, 2.05) is 10.8 Å². The highest BCUT2D eigenvalue weighted by Gasteiger charge is 2.24. The van der Waals surface area contributed by atoms with E-state index in [9.17, 15) is 4.79 Å². The summed E-state index contributed by atoms with van der Waals surface area (Å²) in [6, 6.07) is 0. The molecular formula is C10H11BrO2S. The predicted octanol–water partition coefficient (Wildman–Crippen LogP) is 3.12. The lowest BCUT2D eigenvalue weighted by Crippen LogP contribution is -2.23. The van der Waals surface area contributed by atoms with Crippen LogP contribution in [-0.2, 0) is 4.74 Å². The van der Waals surface area contributed by atoms with Crippen LogP contribution in [0.4, 0.5) is 0 Å². The number of carbonyl (C=O) groups is 1. The number of rotatable bonds is 2. The number of carbonyl (C=O) groups excluding carboxylic acids is 1. The molecule has 0 N–H and O–H groups in total. The van der Waals surface area contributed by atoms with Crippen LogP contribution in [0.25, 0.3) is 0 Å². The second-order valence-corrected chi connectivity index (χ2v) is 4.98. The molecule has 2 nitrogen and oxygen atoms in total. The van der Waals surface area contributed by atoms with Gasteiger partial charge in [0.2, 0.25) is 0 Å². The topological polar surface area (TPSA) is 26.3 Å². The summed E-state index contributed by atoms with van der Waals surface area (Å²) in [7, 11) is 0. The molecule has 1 aromatic rings. The van der Waals surface area contributed by atoms with Gasteiger partial charge in [0.25, 0.3) is 0 Å². The third kappa shape index (κ3) is 2.07. The van der Waals surface area contributed by atoms with Crippen LogP contribution in [0.3, 0.4) is 0 Å². The van der Waals surface area contributed by atoms with E-state index in [0.717, 1.165) is 36.1 Å². The lowest BCUT2D eigenvalue weighted by molar-refractivity contribution is 0.0544. The SMILES string of the molecule is O=C(c1cscc1Br)C1CCOCC1. The van der Waals surface area contributed by atoms with Crippen molar-refractivity contribution in [2.24, 2.45) is 5.92 Å². The minimum Gasteiger partial charge on any atom is -0.381 e. The van der Waals surface area contributed by atoms with Crippen molar-refractivity contribution in [3.63, 3.8) is 0 Å². The number of halogens is 1. The van der Waals surface area contributed by atoms with Gasteiger partial charge in [-0.25, -0.2) is 0 Å². The van der Waals surface area contributed by atoms with E-state index in [1.54, 1.807) is 11.3 Å². The molecule has 1 aromatic heterocycles. The summed E-state index contributed by atoms with van der Waals surface area (Å²) in [6.45, 7) is 1.44. The highest BCUT2D eigenvalue weighted by atomic mass is 79.9. The van der Waals surface area contributed by atoms with Gasteiger partial charge in [0.15, 0.2) is 5.78 Å². The molecule has 4 heteroatoms. The highest BCUT2D eigenvalue weighted by molar-refractivity contribution is 9.10. The fraction of sp³-hybridized carbons (Fsp3) is 0.500. The molecule has 0 aromatic carbocycles. The van der Waals surface area contributed by atoms with Crippen LogP contribution in [0.2, 0.25) is 0 Å². The lowest BCUT2D eigenvalue weighted by atomic mass is 9.92. The largest absolute Gasteiger partial charge is 0.381 e. The molecule has 0 spiro atoms. The monoisotopic (exact) mass is 274 g/mol. The van der Waals surface area contributed by atoms with Crippen LogP contribution in [0, 0.1) is 5.92 Å². The second kappa shape index (κ2) is 4.55. The Labute approximate surface area is 95.4 Å². The number of hydrogen-bond donors (Lipinski definition) is 0. The van der Waals surface area contributed by atoms with Gasteiger partial charge >= 0.3 is 0 Å². The quantitative estimate of drug-likeness (QED) is 0.775. The van der Waals surface area contributed by atoms with Gasteiger partial charge in [-0.2, -0.15) is 11.3 Å². The van der Waals surface area contributed by atoms with Gasteiger partial charge in [0, 0.05) is 39.9 Å². The zero-order valence-corrected chi connectivity index (χ0v) is 10.1. The average molecular weight is 275 g/mol. The van der Waals surface area contributed by atoms with E-state index in [2.05, 4.69) is 15.9 Å². The number of ketones is 1.